The highest BCUT2D eigenvalue weighted by Gasteiger charge is 2.32. The summed E-state index contributed by atoms with van der Waals surface area (Å²) in [6.45, 7) is 1.88. The van der Waals surface area contributed by atoms with E-state index in [0.717, 1.165) is 10.0 Å². The zero-order valence-electron chi connectivity index (χ0n) is 16.4. The van der Waals surface area contributed by atoms with Gasteiger partial charge in [-0.25, -0.2) is 12.8 Å². The summed E-state index contributed by atoms with van der Waals surface area (Å²) in [5.74, 6) is -0.272. The first-order valence-corrected chi connectivity index (χ1v) is 11.6. The number of oxazole rings is 1. The van der Waals surface area contributed by atoms with Gasteiger partial charge in [-0.3, -0.25) is 0 Å². The molecule has 0 aliphatic carbocycles. The van der Waals surface area contributed by atoms with E-state index >= 15 is 0 Å². The Labute approximate surface area is 187 Å². The van der Waals surface area contributed by atoms with Crippen molar-refractivity contribution in [2.24, 2.45) is 5.73 Å². The van der Waals surface area contributed by atoms with Gasteiger partial charge in [0, 0.05) is 10.0 Å². The Balaban J connectivity index is 1.91. The van der Waals surface area contributed by atoms with E-state index in [-0.39, 0.29) is 21.6 Å². The van der Waals surface area contributed by atoms with Gasteiger partial charge in [-0.1, -0.05) is 46.3 Å². The van der Waals surface area contributed by atoms with E-state index in [1.54, 1.807) is 18.2 Å². The molecule has 1 aromatic heterocycles. The van der Waals surface area contributed by atoms with Crippen LogP contribution in [0.4, 0.5) is 4.39 Å². The van der Waals surface area contributed by atoms with Crippen LogP contribution in [0.15, 0.2) is 91.6 Å². The lowest BCUT2D eigenvalue weighted by Gasteiger charge is -2.11. The first-order chi connectivity index (χ1) is 14.8. The van der Waals surface area contributed by atoms with Crippen LogP contribution in [-0.2, 0) is 9.84 Å². The zero-order valence-corrected chi connectivity index (χ0v) is 18.8. The molecule has 0 aliphatic rings. The number of nitrogens with zero attached hydrogens (tertiary/aromatic N) is 1. The minimum atomic E-state index is -4.03. The molecule has 4 rings (SSSR count). The fourth-order valence-electron chi connectivity index (χ4n) is 3.18. The predicted octanol–water partition coefficient (Wildman–Crippen LogP) is 5.43. The minimum Gasteiger partial charge on any atom is -0.438 e. The molecular formula is C23H18BrFN2O3S. The molecule has 2 N–H and O–H groups in total. The molecule has 0 amide bonds. The molecule has 0 spiro atoms. The number of halogens is 2. The van der Waals surface area contributed by atoms with E-state index in [9.17, 15) is 12.8 Å². The van der Waals surface area contributed by atoms with Gasteiger partial charge in [0.25, 0.3) is 0 Å². The van der Waals surface area contributed by atoms with Crippen molar-refractivity contribution < 1.29 is 17.2 Å². The largest absolute Gasteiger partial charge is 0.438 e. The lowest BCUT2D eigenvalue weighted by atomic mass is 10.1. The predicted molar refractivity (Wildman–Crippen MR) is 119 cm³/mol. The second-order valence-electron chi connectivity index (χ2n) is 6.99. The second-order valence-corrected chi connectivity index (χ2v) is 9.77. The molecule has 0 aliphatic heterocycles. The van der Waals surface area contributed by atoms with Gasteiger partial charge in [0.05, 0.1) is 10.9 Å². The van der Waals surface area contributed by atoms with Gasteiger partial charge in [-0.05, 0) is 60.5 Å². The standard InChI is InChI=1S/C23H18BrFN2O3S/c1-14-4-2-3-5-19(14)22-27-23(31(28,29)18-12-8-16(24)9-13-18)21(30-22)20(26)15-6-10-17(25)11-7-15/h2-13,20H,26H2,1H3. The lowest BCUT2D eigenvalue weighted by molar-refractivity contribution is 0.486. The smallest absolute Gasteiger partial charge is 0.227 e. The van der Waals surface area contributed by atoms with Gasteiger partial charge in [0.15, 0.2) is 5.76 Å². The van der Waals surface area contributed by atoms with Crippen molar-refractivity contribution in [3.8, 4) is 11.5 Å². The Kier molecular flexibility index (Phi) is 5.79. The van der Waals surface area contributed by atoms with E-state index in [2.05, 4.69) is 20.9 Å². The van der Waals surface area contributed by atoms with Crippen molar-refractivity contribution in [2.45, 2.75) is 22.9 Å². The average molecular weight is 501 g/mol. The molecule has 0 saturated carbocycles. The average Bonchev–Trinajstić information content (AvgIpc) is 3.20. The van der Waals surface area contributed by atoms with Crippen LogP contribution in [0.2, 0.25) is 0 Å². The number of nitrogens with two attached hydrogens (primary N) is 1. The summed E-state index contributed by atoms with van der Waals surface area (Å²) in [4.78, 5) is 4.42. The van der Waals surface area contributed by atoms with Gasteiger partial charge >= 0.3 is 0 Å². The lowest BCUT2D eigenvalue weighted by Crippen LogP contribution is -2.15. The molecule has 1 atom stereocenters. The molecule has 4 aromatic rings. The van der Waals surface area contributed by atoms with Crippen molar-refractivity contribution in [2.75, 3.05) is 0 Å². The van der Waals surface area contributed by atoms with Crippen molar-refractivity contribution in [1.29, 1.82) is 0 Å². The molecule has 0 radical (unpaired) electrons. The van der Waals surface area contributed by atoms with Crippen LogP contribution in [0.5, 0.6) is 0 Å². The van der Waals surface area contributed by atoms with Crippen LogP contribution in [0, 0.1) is 12.7 Å². The highest BCUT2D eigenvalue weighted by Crippen LogP contribution is 2.35. The number of aryl methyl sites for hydroxylation is 1. The first-order valence-electron chi connectivity index (χ1n) is 9.36. The summed E-state index contributed by atoms with van der Waals surface area (Å²) in [5.41, 5.74) is 8.40. The summed E-state index contributed by atoms with van der Waals surface area (Å²) in [5, 5.41) is -0.259. The Bertz CT molecular complexity index is 1330. The molecule has 0 fully saturated rings. The number of hydrogen-bond acceptors (Lipinski definition) is 5. The van der Waals surface area contributed by atoms with Crippen LogP contribution in [0.25, 0.3) is 11.5 Å². The Morgan fingerprint density at radius 1 is 1.00 bits per heavy atom. The Morgan fingerprint density at radius 2 is 1.65 bits per heavy atom. The molecular weight excluding hydrogens is 483 g/mol. The first kappa shape index (κ1) is 21.4. The third kappa shape index (κ3) is 4.19. The monoisotopic (exact) mass is 500 g/mol. The topological polar surface area (TPSA) is 86.2 Å². The Morgan fingerprint density at radius 3 is 2.29 bits per heavy atom. The maximum atomic E-state index is 13.4. The molecule has 1 heterocycles. The van der Waals surface area contributed by atoms with Gasteiger partial charge in [-0.15, -0.1) is 0 Å². The van der Waals surface area contributed by atoms with Crippen molar-refractivity contribution in [3.05, 3.63) is 100.0 Å². The second kappa shape index (κ2) is 8.37. The summed E-state index contributed by atoms with van der Waals surface area (Å²) in [7, 11) is -4.03. The molecule has 0 saturated heterocycles. The third-order valence-corrected chi connectivity index (χ3v) is 7.11. The summed E-state index contributed by atoms with van der Waals surface area (Å²) in [6.07, 6.45) is 0. The molecule has 158 valence electrons. The van der Waals surface area contributed by atoms with Crippen LogP contribution in [0.1, 0.15) is 22.9 Å². The van der Waals surface area contributed by atoms with Gasteiger partial charge in [0.2, 0.25) is 20.8 Å². The van der Waals surface area contributed by atoms with Crippen molar-refractivity contribution in [3.63, 3.8) is 0 Å². The van der Waals surface area contributed by atoms with Crippen LogP contribution >= 0.6 is 15.9 Å². The van der Waals surface area contributed by atoms with E-state index in [1.165, 1.54) is 36.4 Å². The minimum absolute atomic E-state index is 0.00669. The number of aromatic nitrogens is 1. The molecule has 8 heteroatoms. The summed E-state index contributed by atoms with van der Waals surface area (Å²) in [6, 6.07) is 18.1. The van der Waals surface area contributed by atoms with Crippen LogP contribution < -0.4 is 5.73 Å². The number of benzene rings is 3. The summed E-state index contributed by atoms with van der Waals surface area (Å²) >= 11 is 3.31. The Hall–Kier alpha value is -2.81. The third-order valence-electron chi connectivity index (χ3n) is 4.89. The quantitative estimate of drug-likeness (QED) is 0.394. The van der Waals surface area contributed by atoms with E-state index < -0.39 is 21.7 Å². The SMILES string of the molecule is Cc1ccccc1-c1nc(S(=O)(=O)c2ccc(Br)cc2)c(C(N)c2ccc(F)cc2)o1. The van der Waals surface area contributed by atoms with Crippen molar-refractivity contribution in [1.82, 2.24) is 4.98 Å². The fourth-order valence-corrected chi connectivity index (χ4v) is 4.80. The molecule has 0 bridgehead atoms. The summed E-state index contributed by atoms with van der Waals surface area (Å²) < 4.78 is 46.9. The highest BCUT2D eigenvalue weighted by atomic mass is 79.9. The van der Waals surface area contributed by atoms with Crippen LogP contribution in [-0.4, -0.2) is 13.4 Å². The van der Waals surface area contributed by atoms with Crippen molar-refractivity contribution >= 4 is 25.8 Å². The van der Waals surface area contributed by atoms with Gasteiger partial charge in [0.1, 0.15) is 5.82 Å². The van der Waals surface area contributed by atoms with E-state index in [4.69, 9.17) is 10.2 Å². The maximum absolute atomic E-state index is 13.4. The zero-order chi connectivity index (χ0) is 22.2. The van der Waals surface area contributed by atoms with E-state index in [0.29, 0.717) is 11.1 Å². The van der Waals surface area contributed by atoms with Gasteiger partial charge < -0.3 is 10.2 Å². The molecule has 1 unspecified atom stereocenters. The molecule has 5 nitrogen and oxygen atoms in total. The maximum Gasteiger partial charge on any atom is 0.227 e. The van der Waals surface area contributed by atoms with Crippen LogP contribution in [0.3, 0.4) is 0 Å². The fraction of sp³-hybridized carbons (Fsp3) is 0.0870. The van der Waals surface area contributed by atoms with Gasteiger partial charge in [-0.2, -0.15) is 4.98 Å². The number of hydrogen-bond donors (Lipinski definition) is 1. The van der Waals surface area contributed by atoms with E-state index in [1.807, 2.05) is 25.1 Å². The number of sulfone groups is 1. The molecule has 31 heavy (non-hydrogen) atoms. The molecule has 3 aromatic carbocycles. The highest BCUT2D eigenvalue weighted by molar-refractivity contribution is 9.10. The normalized spacial score (nSPS) is 12.6. The number of rotatable bonds is 5.